The molecule has 0 aromatic heterocycles. The van der Waals surface area contributed by atoms with E-state index in [-0.39, 0.29) is 6.10 Å². The van der Waals surface area contributed by atoms with Crippen LogP contribution >= 0.6 is 0 Å². The molecule has 1 aliphatic heterocycles. The van der Waals surface area contributed by atoms with Crippen LogP contribution in [0.3, 0.4) is 0 Å². The lowest BCUT2D eigenvalue weighted by atomic mass is 9.98. The minimum absolute atomic E-state index is 0.123. The SMILES string of the molecule is OC1CCCCCC1NCC1CCOCC1. The Kier molecular flexibility index (Phi) is 5.07. The van der Waals surface area contributed by atoms with Gasteiger partial charge in [-0.2, -0.15) is 0 Å². The average Bonchev–Trinajstić information content (AvgIpc) is 2.53. The molecule has 2 aliphatic rings. The number of nitrogens with one attached hydrogen (secondary N) is 1. The molecule has 3 nitrogen and oxygen atoms in total. The molecule has 0 bridgehead atoms. The Bertz CT molecular complexity index is 192. The Morgan fingerprint density at radius 2 is 1.75 bits per heavy atom. The maximum absolute atomic E-state index is 9.99. The molecule has 94 valence electrons. The van der Waals surface area contributed by atoms with Gasteiger partial charge in [-0.3, -0.25) is 0 Å². The molecule has 2 atom stereocenters. The van der Waals surface area contributed by atoms with Gasteiger partial charge < -0.3 is 15.2 Å². The fraction of sp³-hybridized carbons (Fsp3) is 1.00. The molecule has 1 saturated carbocycles. The molecule has 0 amide bonds. The molecule has 1 saturated heterocycles. The third kappa shape index (κ3) is 3.72. The Morgan fingerprint density at radius 1 is 1.00 bits per heavy atom. The van der Waals surface area contributed by atoms with Crippen LogP contribution < -0.4 is 5.32 Å². The predicted molar refractivity (Wildman–Crippen MR) is 64.4 cm³/mol. The highest BCUT2D eigenvalue weighted by molar-refractivity contribution is 4.80. The van der Waals surface area contributed by atoms with Gasteiger partial charge in [-0.15, -0.1) is 0 Å². The second kappa shape index (κ2) is 6.58. The first-order valence-corrected chi connectivity index (χ1v) is 6.85. The average molecular weight is 227 g/mol. The Hall–Kier alpha value is -0.120. The van der Waals surface area contributed by atoms with Gasteiger partial charge in [-0.05, 0) is 38.1 Å². The fourth-order valence-electron chi connectivity index (χ4n) is 2.79. The number of aliphatic hydroxyl groups excluding tert-OH is 1. The number of hydrogen-bond donors (Lipinski definition) is 2. The van der Waals surface area contributed by atoms with E-state index in [0.717, 1.165) is 38.5 Å². The summed E-state index contributed by atoms with van der Waals surface area (Å²) < 4.78 is 5.36. The molecule has 1 heterocycles. The molecule has 0 radical (unpaired) electrons. The Morgan fingerprint density at radius 3 is 2.56 bits per heavy atom. The molecule has 16 heavy (non-hydrogen) atoms. The van der Waals surface area contributed by atoms with Crippen molar-refractivity contribution in [1.82, 2.24) is 5.32 Å². The molecular weight excluding hydrogens is 202 g/mol. The summed E-state index contributed by atoms with van der Waals surface area (Å²) in [6.45, 7) is 2.89. The summed E-state index contributed by atoms with van der Waals surface area (Å²) in [6.07, 6.45) is 8.09. The van der Waals surface area contributed by atoms with E-state index in [0.29, 0.717) is 6.04 Å². The summed E-state index contributed by atoms with van der Waals surface area (Å²) in [5.41, 5.74) is 0. The van der Waals surface area contributed by atoms with Crippen LogP contribution in [0.15, 0.2) is 0 Å². The van der Waals surface area contributed by atoms with E-state index in [1.165, 1.54) is 32.1 Å². The largest absolute Gasteiger partial charge is 0.392 e. The van der Waals surface area contributed by atoms with Crippen molar-refractivity contribution in [3.8, 4) is 0 Å². The van der Waals surface area contributed by atoms with Crippen LogP contribution in [0.5, 0.6) is 0 Å². The molecule has 2 unspecified atom stereocenters. The van der Waals surface area contributed by atoms with E-state index >= 15 is 0 Å². The van der Waals surface area contributed by atoms with Crippen molar-refractivity contribution in [1.29, 1.82) is 0 Å². The van der Waals surface area contributed by atoms with Crippen LogP contribution in [-0.4, -0.2) is 37.0 Å². The van der Waals surface area contributed by atoms with Crippen LogP contribution in [0.2, 0.25) is 0 Å². The highest BCUT2D eigenvalue weighted by Gasteiger charge is 2.22. The summed E-state index contributed by atoms with van der Waals surface area (Å²) in [7, 11) is 0. The third-order valence-electron chi connectivity index (χ3n) is 3.99. The quantitative estimate of drug-likeness (QED) is 0.721. The Balaban J connectivity index is 1.70. The first kappa shape index (κ1) is 12.3. The lowest BCUT2D eigenvalue weighted by molar-refractivity contribution is 0.0607. The normalized spacial score (nSPS) is 33.6. The summed E-state index contributed by atoms with van der Waals surface area (Å²) in [5, 5.41) is 13.6. The van der Waals surface area contributed by atoms with Gasteiger partial charge in [0.2, 0.25) is 0 Å². The smallest absolute Gasteiger partial charge is 0.0693 e. The zero-order chi connectivity index (χ0) is 11.2. The molecule has 2 fully saturated rings. The van der Waals surface area contributed by atoms with Gasteiger partial charge in [-0.1, -0.05) is 19.3 Å². The van der Waals surface area contributed by atoms with Gasteiger partial charge in [0.25, 0.3) is 0 Å². The van der Waals surface area contributed by atoms with Crippen molar-refractivity contribution in [3.05, 3.63) is 0 Å². The van der Waals surface area contributed by atoms with Crippen LogP contribution in [0.4, 0.5) is 0 Å². The van der Waals surface area contributed by atoms with Gasteiger partial charge in [0.1, 0.15) is 0 Å². The minimum Gasteiger partial charge on any atom is -0.392 e. The standard InChI is InChI=1S/C13H25NO2/c15-13-5-3-1-2-4-12(13)14-10-11-6-8-16-9-7-11/h11-15H,1-10H2. The maximum Gasteiger partial charge on any atom is 0.0693 e. The molecule has 1 aliphatic carbocycles. The second-order valence-electron chi connectivity index (χ2n) is 5.28. The predicted octanol–water partition coefficient (Wildman–Crippen LogP) is 1.70. The summed E-state index contributed by atoms with van der Waals surface area (Å²) >= 11 is 0. The van der Waals surface area contributed by atoms with Crippen LogP contribution in [-0.2, 0) is 4.74 Å². The topological polar surface area (TPSA) is 41.5 Å². The van der Waals surface area contributed by atoms with Crippen molar-refractivity contribution < 1.29 is 9.84 Å². The number of rotatable bonds is 3. The summed E-state index contributed by atoms with van der Waals surface area (Å²) in [5.74, 6) is 0.754. The van der Waals surface area contributed by atoms with E-state index in [1.54, 1.807) is 0 Å². The van der Waals surface area contributed by atoms with E-state index in [2.05, 4.69) is 5.32 Å². The zero-order valence-electron chi connectivity index (χ0n) is 10.2. The van der Waals surface area contributed by atoms with Crippen molar-refractivity contribution >= 4 is 0 Å². The maximum atomic E-state index is 9.99. The lowest BCUT2D eigenvalue weighted by Gasteiger charge is -2.27. The van der Waals surface area contributed by atoms with Crippen molar-refractivity contribution in [2.24, 2.45) is 5.92 Å². The van der Waals surface area contributed by atoms with Gasteiger partial charge in [0.05, 0.1) is 6.10 Å². The van der Waals surface area contributed by atoms with E-state index in [9.17, 15) is 5.11 Å². The summed E-state index contributed by atoms with van der Waals surface area (Å²) in [6, 6.07) is 0.338. The third-order valence-corrected chi connectivity index (χ3v) is 3.99. The molecule has 2 N–H and O–H groups in total. The zero-order valence-corrected chi connectivity index (χ0v) is 10.2. The van der Waals surface area contributed by atoms with Crippen LogP contribution in [0.1, 0.15) is 44.9 Å². The van der Waals surface area contributed by atoms with Crippen molar-refractivity contribution in [2.75, 3.05) is 19.8 Å². The fourth-order valence-corrected chi connectivity index (χ4v) is 2.79. The monoisotopic (exact) mass is 227 g/mol. The first-order valence-electron chi connectivity index (χ1n) is 6.85. The number of aliphatic hydroxyl groups is 1. The van der Waals surface area contributed by atoms with E-state index in [4.69, 9.17) is 4.74 Å². The number of hydrogen-bond acceptors (Lipinski definition) is 3. The van der Waals surface area contributed by atoms with Crippen molar-refractivity contribution in [2.45, 2.75) is 57.1 Å². The van der Waals surface area contributed by atoms with Gasteiger partial charge in [0, 0.05) is 19.3 Å². The number of ether oxygens (including phenoxy) is 1. The summed E-state index contributed by atoms with van der Waals surface area (Å²) in [4.78, 5) is 0. The Labute approximate surface area is 98.6 Å². The molecular formula is C13H25NO2. The van der Waals surface area contributed by atoms with Gasteiger partial charge in [-0.25, -0.2) is 0 Å². The molecule has 2 rings (SSSR count). The van der Waals surface area contributed by atoms with Crippen LogP contribution in [0.25, 0.3) is 0 Å². The minimum atomic E-state index is -0.123. The second-order valence-corrected chi connectivity index (χ2v) is 5.28. The molecule has 3 heteroatoms. The lowest BCUT2D eigenvalue weighted by Crippen LogP contribution is -2.42. The van der Waals surface area contributed by atoms with Gasteiger partial charge >= 0.3 is 0 Å². The van der Waals surface area contributed by atoms with Gasteiger partial charge in [0.15, 0.2) is 0 Å². The van der Waals surface area contributed by atoms with E-state index < -0.39 is 0 Å². The highest BCUT2D eigenvalue weighted by atomic mass is 16.5. The molecule has 0 aromatic rings. The van der Waals surface area contributed by atoms with E-state index in [1.807, 2.05) is 0 Å². The first-order chi connectivity index (χ1) is 7.86. The molecule has 0 spiro atoms. The highest BCUT2D eigenvalue weighted by Crippen LogP contribution is 2.19. The van der Waals surface area contributed by atoms with Crippen molar-refractivity contribution in [3.63, 3.8) is 0 Å². The molecule has 0 aromatic carbocycles. The van der Waals surface area contributed by atoms with Crippen LogP contribution in [0, 0.1) is 5.92 Å².